The first-order chi connectivity index (χ1) is 16.6. The van der Waals surface area contributed by atoms with Gasteiger partial charge in [-0.1, -0.05) is 0 Å². The molecule has 2 N–H and O–H groups in total. The van der Waals surface area contributed by atoms with E-state index in [1.54, 1.807) is 12.4 Å². The van der Waals surface area contributed by atoms with Gasteiger partial charge in [0.25, 0.3) is 0 Å². The Hall–Kier alpha value is -2.97. The van der Waals surface area contributed by atoms with Crippen molar-refractivity contribution in [1.82, 2.24) is 9.88 Å². The van der Waals surface area contributed by atoms with E-state index in [4.69, 9.17) is 9.47 Å². The molecule has 0 aliphatic carbocycles. The average Bonchev–Trinajstić information content (AvgIpc) is 3.22. The van der Waals surface area contributed by atoms with Crippen molar-refractivity contribution in [1.29, 1.82) is 0 Å². The molecular formula is C26H31N3O5. The van der Waals surface area contributed by atoms with E-state index in [1.165, 1.54) is 6.42 Å². The van der Waals surface area contributed by atoms with Gasteiger partial charge in [-0.05, 0) is 61.6 Å². The number of anilines is 1. The van der Waals surface area contributed by atoms with E-state index < -0.39 is 6.10 Å². The van der Waals surface area contributed by atoms with E-state index in [2.05, 4.69) is 10.3 Å². The van der Waals surface area contributed by atoms with Gasteiger partial charge in [-0.3, -0.25) is 14.6 Å². The Morgan fingerprint density at radius 1 is 1.12 bits per heavy atom. The van der Waals surface area contributed by atoms with Crippen molar-refractivity contribution in [3.63, 3.8) is 0 Å². The lowest BCUT2D eigenvalue weighted by Gasteiger charge is -2.38. The molecule has 8 heteroatoms. The molecule has 2 saturated heterocycles. The molecule has 34 heavy (non-hydrogen) atoms. The number of benzene rings is 1. The van der Waals surface area contributed by atoms with Crippen LogP contribution in [0.15, 0.2) is 42.7 Å². The second-order valence-corrected chi connectivity index (χ2v) is 9.38. The minimum atomic E-state index is -0.491. The molecule has 3 aliphatic rings. The highest BCUT2D eigenvalue weighted by molar-refractivity contribution is 5.92. The Morgan fingerprint density at radius 3 is 2.68 bits per heavy atom. The van der Waals surface area contributed by atoms with Gasteiger partial charge in [0.15, 0.2) is 0 Å². The van der Waals surface area contributed by atoms with Crippen molar-refractivity contribution < 1.29 is 24.2 Å². The third-order valence-corrected chi connectivity index (χ3v) is 7.01. The minimum absolute atomic E-state index is 0.00268. The van der Waals surface area contributed by atoms with Crippen LogP contribution in [0.2, 0.25) is 0 Å². The number of aliphatic hydroxyl groups excluding tert-OH is 1. The van der Waals surface area contributed by atoms with Crippen LogP contribution in [0, 0.1) is 0 Å². The highest BCUT2D eigenvalue weighted by Crippen LogP contribution is 2.47. The number of piperidine rings is 1. The van der Waals surface area contributed by atoms with Gasteiger partial charge >= 0.3 is 0 Å². The van der Waals surface area contributed by atoms with Crippen molar-refractivity contribution in [2.75, 3.05) is 25.0 Å². The number of hydrogen-bond donors (Lipinski definition) is 2. The first-order valence-electron chi connectivity index (χ1n) is 12.1. The van der Waals surface area contributed by atoms with Crippen LogP contribution in [0.5, 0.6) is 5.75 Å². The predicted octanol–water partition coefficient (Wildman–Crippen LogP) is 2.66. The molecule has 180 valence electrons. The molecule has 1 aromatic carbocycles. The van der Waals surface area contributed by atoms with Crippen molar-refractivity contribution in [3.8, 4) is 5.75 Å². The summed E-state index contributed by atoms with van der Waals surface area (Å²) in [6.45, 7) is 1.46. The lowest BCUT2D eigenvalue weighted by Crippen LogP contribution is -2.48. The number of hydrogen-bond acceptors (Lipinski definition) is 6. The molecule has 3 aliphatic heterocycles. The molecule has 4 atom stereocenters. The van der Waals surface area contributed by atoms with Crippen molar-refractivity contribution in [2.45, 2.75) is 62.8 Å². The molecule has 0 unspecified atom stereocenters. The van der Waals surface area contributed by atoms with Gasteiger partial charge in [0.05, 0.1) is 25.6 Å². The van der Waals surface area contributed by atoms with Gasteiger partial charge in [0, 0.05) is 42.7 Å². The summed E-state index contributed by atoms with van der Waals surface area (Å²) in [7, 11) is 0. The Kier molecular flexibility index (Phi) is 6.78. The predicted molar refractivity (Wildman–Crippen MR) is 126 cm³/mol. The standard InChI is InChI=1S/C26H31N3O5/c30-16-23-26-21(14-19(33-23)15-25(32)29-10-2-1-3-11-29)20-13-18(4-5-22(20)34-26)28-24(31)12-17-6-8-27-9-7-17/h4-9,13,19,21,23,26,30H,1-3,10-12,14-16H2,(H,28,31)/t19-,21+,23-,26-/m0/s1. The first kappa shape index (κ1) is 22.8. The number of carbonyl (C=O) groups is 2. The fourth-order valence-corrected chi connectivity index (χ4v) is 5.33. The number of fused-ring (bicyclic) bond motifs is 3. The van der Waals surface area contributed by atoms with Gasteiger partial charge in [0.2, 0.25) is 11.8 Å². The second-order valence-electron chi connectivity index (χ2n) is 9.38. The van der Waals surface area contributed by atoms with Crippen molar-refractivity contribution in [3.05, 3.63) is 53.9 Å². The number of rotatable bonds is 6. The third kappa shape index (κ3) is 4.93. The molecule has 8 nitrogen and oxygen atoms in total. The lowest BCUT2D eigenvalue weighted by molar-refractivity contribution is -0.149. The fourth-order valence-electron chi connectivity index (χ4n) is 5.33. The van der Waals surface area contributed by atoms with Gasteiger partial charge in [0.1, 0.15) is 18.0 Å². The van der Waals surface area contributed by atoms with E-state index in [-0.39, 0.29) is 43.0 Å². The van der Waals surface area contributed by atoms with Crippen LogP contribution in [0.4, 0.5) is 5.69 Å². The fraction of sp³-hybridized carbons (Fsp3) is 0.500. The Balaban J connectivity index is 1.28. The zero-order chi connectivity index (χ0) is 23.5. The summed E-state index contributed by atoms with van der Waals surface area (Å²) < 4.78 is 12.2. The number of aromatic nitrogens is 1. The normalized spacial score (nSPS) is 25.7. The summed E-state index contributed by atoms with van der Waals surface area (Å²) in [5, 5.41) is 12.9. The highest BCUT2D eigenvalue weighted by Gasteiger charge is 2.46. The van der Waals surface area contributed by atoms with E-state index >= 15 is 0 Å². The molecule has 0 spiro atoms. The number of carbonyl (C=O) groups excluding carboxylic acids is 2. The Labute approximate surface area is 199 Å². The molecule has 0 bridgehead atoms. The van der Waals surface area contributed by atoms with Gasteiger partial charge in [-0.2, -0.15) is 0 Å². The van der Waals surface area contributed by atoms with Crippen molar-refractivity contribution in [2.24, 2.45) is 0 Å². The maximum atomic E-state index is 12.8. The first-order valence-corrected chi connectivity index (χ1v) is 12.1. The summed E-state index contributed by atoms with van der Waals surface area (Å²) in [6.07, 6.45) is 6.79. The van der Waals surface area contributed by atoms with E-state index in [1.807, 2.05) is 35.2 Å². The number of ether oxygens (including phenoxy) is 2. The van der Waals surface area contributed by atoms with Gasteiger partial charge < -0.3 is 24.8 Å². The molecule has 1 aromatic heterocycles. The minimum Gasteiger partial charge on any atom is -0.487 e. The Bertz CT molecular complexity index is 1020. The summed E-state index contributed by atoms with van der Waals surface area (Å²) in [6, 6.07) is 9.28. The molecule has 2 aromatic rings. The number of aliphatic hydroxyl groups is 1. The monoisotopic (exact) mass is 465 g/mol. The zero-order valence-electron chi connectivity index (χ0n) is 19.2. The smallest absolute Gasteiger partial charge is 0.228 e. The van der Waals surface area contributed by atoms with Crippen LogP contribution in [0.3, 0.4) is 0 Å². The molecule has 0 saturated carbocycles. The second kappa shape index (κ2) is 10.1. The number of pyridine rings is 1. The molecule has 2 amide bonds. The number of likely N-dealkylation sites (tertiary alicyclic amines) is 1. The quantitative estimate of drug-likeness (QED) is 0.680. The molecular weight excluding hydrogens is 434 g/mol. The topological polar surface area (TPSA) is 101 Å². The summed E-state index contributed by atoms with van der Waals surface area (Å²) >= 11 is 0. The van der Waals surface area contributed by atoms with E-state index in [0.29, 0.717) is 18.5 Å². The Morgan fingerprint density at radius 2 is 1.91 bits per heavy atom. The average molecular weight is 466 g/mol. The maximum absolute atomic E-state index is 12.8. The highest BCUT2D eigenvalue weighted by atomic mass is 16.6. The molecule has 2 fully saturated rings. The molecule has 5 rings (SSSR count). The van der Waals surface area contributed by atoms with Gasteiger partial charge in [-0.15, -0.1) is 0 Å². The van der Waals surface area contributed by atoms with Crippen LogP contribution in [0.1, 0.15) is 49.1 Å². The van der Waals surface area contributed by atoms with Crippen LogP contribution in [-0.2, 0) is 20.7 Å². The van der Waals surface area contributed by atoms with Crippen LogP contribution < -0.4 is 10.1 Å². The zero-order valence-corrected chi connectivity index (χ0v) is 19.2. The summed E-state index contributed by atoms with van der Waals surface area (Å²) in [4.78, 5) is 31.3. The van der Waals surface area contributed by atoms with Crippen LogP contribution in [0.25, 0.3) is 0 Å². The number of amides is 2. The van der Waals surface area contributed by atoms with Crippen LogP contribution in [-0.4, -0.2) is 64.8 Å². The maximum Gasteiger partial charge on any atom is 0.228 e. The lowest BCUT2D eigenvalue weighted by atomic mass is 9.84. The molecule has 4 heterocycles. The molecule has 0 radical (unpaired) electrons. The summed E-state index contributed by atoms with van der Waals surface area (Å²) in [5.74, 6) is 0.757. The van der Waals surface area contributed by atoms with E-state index in [9.17, 15) is 14.7 Å². The van der Waals surface area contributed by atoms with Crippen molar-refractivity contribution >= 4 is 17.5 Å². The number of nitrogens with one attached hydrogen (secondary N) is 1. The summed E-state index contributed by atoms with van der Waals surface area (Å²) in [5.41, 5.74) is 2.59. The largest absolute Gasteiger partial charge is 0.487 e. The van der Waals surface area contributed by atoms with E-state index in [0.717, 1.165) is 42.8 Å². The number of nitrogens with zero attached hydrogens (tertiary/aromatic N) is 2. The third-order valence-electron chi connectivity index (χ3n) is 7.01. The van der Waals surface area contributed by atoms with Crippen LogP contribution >= 0.6 is 0 Å². The SMILES string of the molecule is O=C(Cc1ccncc1)Nc1ccc2c(c1)[C@H]1C[C@@H](CC(=O)N3CCCCC3)O[C@@H](CO)[C@H]1O2. The van der Waals surface area contributed by atoms with Gasteiger partial charge in [-0.25, -0.2) is 0 Å².